The van der Waals surface area contributed by atoms with Crippen LogP contribution in [-0.2, 0) is 6.54 Å². The van der Waals surface area contributed by atoms with Crippen LogP contribution in [0.25, 0.3) is 0 Å². The van der Waals surface area contributed by atoms with Gasteiger partial charge in [-0.15, -0.1) is 0 Å². The molecule has 1 aromatic rings. The number of piperazine rings is 1. The second-order valence-corrected chi connectivity index (χ2v) is 6.51. The molecule has 0 unspecified atom stereocenters. The van der Waals surface area contributed by atoms with E-state index < -0.39 is 0 Å². The van der Waals surface area contributed by atoms with Crippen LogP contribution < -0.4 is 0 Å². The van der Waals surface area contributed by atoms with Crippen LogP contribution in [0.1, 0.15) is 43.6 Å². The van der Waals surface area contributed by atoms with E-state index >= 15 is 0 Å². The molecule has 0 spiro atoms. The SMILES string of the molecule is Cc1cc(CN2CCN(CC3CCCCC3)CC2)no1. The fourth-order valence-electron chi connectivity index (χ4n) is 3.59. The zero-order valence-electron chi connectivity index (χ0n) is 12.7. The Morgan fingerprint density at radius 2 is 1.80 bits per heavy atom. The molecule has 0 amide bonds. The summed E-state index contributed by atoms with van der Waals surface area (Å²) in [5.74, 6) is 1.88. The smallest absolute Gasteiger partial charge is 0.133 e. The van der Waals surface area contributed by atoms with Crippen LogP contribution in [0.4, 0.5) is 0 Å². The van der Waals surface area contributed by atoms with Gasteiger partial charge in [0.1, 0.15) is 5.76 Å². The minimum absolute atomic E-state index is 0.913. The van der Waals surface area contributed by atoms with Gasteiger partial charge in [0.25, 0.3) is 0 Å². The van der Waals surface area contributed by atoms with Gasteiger partial charge in [0.05, 0.1) is 5.69 Å². The molecule has 2 fully saturated rings. The third-order valence-corrected chi connectivity index (χ3v) is 4.77. The summed E-state index contributed by atoms with van der Waals surface area (Å²) in [5, 5.41) is 4.09. The lowest BCUT2D eigenvalue weighted by Crippen LogP contribution is -2.47. The van der Waals surface area contributed by atoms with Crippen LogP contribution >= 0.6 is 0 Å². The Morgan fingerprint density at radius 3 is 2.45 bits per heavy atom. The van der Waals surface area contributed by atoms with E-state index in [9.17, 15) is 0 Å². The first-order valence-electron chi connectivity index (χ1n) is 8.16. The van der Waals surface area contributed by atoms with Gasteiger partial charge in [-0.05, 0) is 25.7 Å². The highest BCUT2D eigenvalue weighted by molar-refractivity contribution is 5.03. The van der Waals surface area contributed by atoms with Crippen molar-refractivity contribution in [1.29, 1.82) is 0 Å². The van der Waals surface area contributed by atoms with Crippen molar-refractivity contribution in [1.82, 2.24) is 15.0 Å². The quantitative estimate of drug-likeness (QED) is 0.847. The fourth-order valence-corrected chi connectivity index (χ4v) is 3.59. The Balaban J connectivity index is 1.40. The lowest BCUT2D eigenvalue weighted by Gasteiger charge is -2.36. The van der Waals surface area contributed by atoms with Crippen LogP contribution in [0.15, 0.2) is 10.6 Å². The van der Waals surface area contributed by atoms with Crippen LogP contribution in [0, 0.1) is 12.8 Å². The number of aryl methyl sites for hydroxylation is 1. The standard InChI is InChI=1S/C16H27N3O/c1-14-11-16(17-20-14)13-19-9-7-18(8-10-19)12-15-5-3-2-4-6-15/h11,15H,2-10,12-13H2,1H3. The first-order valence-corrected chi connectivity index (χ1v) is 8.16. The zero-order chi connectivity index (χ0) is 13.8. The minimum atomic E-state index is 0.913. The fraction of sp³-hybridized carbons (Fsp3) is 0.812. The summed E-state index contributed by atoms with van der Waals surface area (Å²) in [5.41, 5.74) is 1.07. The number of aromatic nitrogens is 1. The summed E-state index contributed by atoms with van der Waals surface area (Å²) in [4.78, 5) is 5.16. The largest absolute Gasteiger partial charge is 0.361 e. The predicted molar refractivity (Wildman–Crippen MR) is 79.5 cm³/mol. The molecule has 0 bridgehead atoms. The van der Waals surface area contributed by atoms with E-state index in [-0.39, 0.29) is 0 Å². The van der Waals surface area contributed by atoms with E-state index in [2.05, 4.69) is 21.0 Å². The Hall–Kier alpha value is -0.870. The van der Waals surface area contributed by atoms with Gasteiger partial charge in [-0.1, -0.05) is 24.4 Å². The average Bonchev–Trinajstić information content (AvgIpc) is 2.88. The van der Waals surface area contributed by atoms with Gasteiger partial charge in [-0.3, -0.25) is 4.90 Å². The van der Waals surface area contributed by atoms with Crippen molar-refractivity contribution >= 4 is 0 Å². The lowest BCUT2D eigenvalue weighted by molar-refractivity contribution is 0.104. The first-order chi connectivity index (χ1) is 9.79. The zero-order valence-corrected chi connectivity index (χ0v) is 12.7. The molecule has 4 nitrogen and oxygen atoms in total. The monoisotopic (exact) mass is 277 g/mol. The van der Waals surface area contributed by atoms with Gasteiger partial charge < -0.3 is 9.42 Å². The Labute approximate surface area is 122 Å². The van der Waals surface area contributed by atoms with Crippen molar-refractivity contribution in [3.8, 4) is 0 Å². The van der Waals surface area contributed by atoms with E-state index in [4.69, 9.17) is 4.52 Å². The number of rotatable bonds is 4. The summed E-state index contributed by atoms with van der Waals surface area (Å²) in [6.07, 6.45) is 7.28. The average molecular weight is 277 g/mol. The Bertz CT molecular complexity index is 404. The lowest BCUT2D eigenvalue weighted by atomic mass is 9.89. The second-order valence-electron chi connectivity index (χ2n) is 6.51. The molecular formula is C16H27N3O. The molecular weight excluding hydrogens is 250 g/mol. The number of hydrogen-bond acceptors (Lipinski definition) is 4. The predicted octanol–water partition coefficient (Wildman–Crippen LogP) is 2.68. The van der Waals surface area contributed by atoms with E-state index in [1.807, 2.05) is 6.92 Å². The summed E-state index contributed by atoms with van der Waals surface area (Å²) in [6.45, 7) is 8.99. The Morgan fingerprint density at radius 1 is 1.10 bits per heavy atom. The maximum Gasteiger partial charge on any atom is 0.133 e. The third kappa shape index (κ3) is 3.83. The summed E-state index contributed by atoms with van der Waals surface area (Å²) in [6, 6.07) is 2.05. The van der Waals surface area contributed by atoms with Crippen LogP contribution in [0.2, 0.25) is 0 Å². The normalized spacial score (nSPS) is 23.2. The Kier molecular flexibility index (Phi) is 4.73. The molecule has 0 radical (unpaired) electrons. The molecule has 4 heteroatoms. The van der Waals surface area contributed by atoms with Gasteiger partial charge in [-0.2, -0.15) is 0 Å². The first kappa shape index (κ1) is 14.1. The summed E-state index contributed by atoms with van der Waals surface area (Å²) in [7, 11) is 0. The van der Waals surface area contributed by atoms with Gasteiger partial charge in [0, 0.05) is 45.3 Å². The maximum absolute atomic E-state index is 5.14. The molecule has 1 aliphatic heterocycles. The molecule has 1 aromatic heterocycles. The molecule has 1 aliphatic carbocycles. The van der Waals surface area contributed by atoms with Gasteiger partial charge in [0.15, 0.2) is 0 Å². The molecule has 3 rings (SSSR count). The summed E-state index contributed by atoms with van der Waals surface area (Å²) >= 11 is 0. The van der Waals surface area contributed by atoms with E-state index in [0.29, 0.717) is 0 Å². The third-order valence-electron chi connectivity index (χ3n) is 4.77. The topological polar surface area (TPSA) is 32.5 Å². The molecule has 0 atom stereocenters. The number of hydrogen-bond donors (Lipinski definition) is 0. The molecule has 1 saturated carbocycles. The van der Waals surface area contributed by atoms with Crippen LogP contribution in [-0.4, -0.2) is 47.7 Å². The number of nitrogens with zero attached hydrogens (tertiary/aromatic N) is 3. The molecule has 1 saturated heterocycles. The molecule has 20 heavy (non-hydrogen) atoms. The molecule has 2 heterocycles. The van der Waals surface area contributed by atoms with Crippen molar-refractivity contribution in [3.05, 3.63) is 17.5 Å². The van der Waals surface area contributed by atoms with E-state index in [1.54, 1.807) is 0 Å². The van der Waals surface area contributed by atoms with Gasteiger partial charge in [0.2, 0.25) is 0 Å². The second kappa shape index (κ2) is 6.72. The molecule has 0 N–H and O–H groups in total. The molecule has 112 valence electrons. The highest BCUT2D eigenvalue weighted by Gasteiger charge is 2.21. The van der Waals surface area contributed by atoms with Crippen molar-refractivity contribution < 1.29 is 4.52 Å². The van der Waals surface area contributed by atoms with Gasteiger partial charge >= 0.3 is 0 Å². The highest BCUT2D eigenvalue weighted by Crippen LogP contribution is 2.24. The maximum atomic E-state index is 5.14. The van der Waals surface area contributed by atoms with E-state index in [0.717, 1.165) is 23.9 Å². The van der Waals surface area contributed by atoms with Crippen molar-refractivity contribution in [2.75, 3.05) is 32.7 Å². The molecule has 0 aromatic carbocycles. The van der Waals surface area contributed by atoms with E-state index in [1.165, 1.54) is 64.8 Å². The minimum Gasteiger partial charge on any atom is -0.361 e. The summed E-state index contributed by atoms with van der Waals surface area (Å²) < 4.78 is 5.14. The molecule has 2 aliphatic rings. The van der Waals surface area contributed by atoms with Crippen molar-refractivity contribution in [2.24, 2.45) is 5.92 Å². The van der Waals surface area contributed by atoms with Gasteiger partial charge in [-0.25, -0.2) is 0 Å². The highest BCUT2D eigenvalue weighted by atomic mass is 16.5. The van der Waals surface area contributed by atoms with Crippen LogP contribution in [0.5, 0.6) is 0 Å². The van der Waals surface area contributed by atoms with Crippen molar-refractivity contribution in [3.63, 3.8) is 0 Å². The van der Waals surface area contributed by atoms with Crippen LogP contribution in [0.3, 0.4) is 0 Å². The van der Waals surface area contributed by atoms with Crippen molar-refractivity contribution in [2.45, 2.75) is 45.6 Å².